The Bertz CT molecular complexity index is 1300. The first kappa shape index (κ1) is 28.7. The van der Waals surface area contributed by atoms with Crippen LogP contribution >= 0.6 is 15.9 Å². The highest BCUT2D eigenvalue weighted by molar-refractivity contribution is 9.09. The summed E-state index contributed by atoms with van der Waals surface area (Å²) in [7, 11) is 0. The fourth-order valence-corrected chi connectivity index (χ4v) is 7.74. The van der Waals surface area contributed by atoms with Gasteiger partial charge in [0.25, 0.3) is 0 Å². The number of aromatic nitrogens is 3. The van der Waals surface area contributed by atoms with Crippen molar-refractivity contribution < 1.29 is 29.0 Å². The Labute approximate surface area is 241 Å². The number of aliphatic hydroxyl groups is 1. The van der Waals surface area contributed by atoms with E-state index in [0.29, 0.717) is 18.4 Å². The molecular weight excluding hydrogens is 582 g/mol. The molecule has 2 bridgehead atoms. The van der Waals surface area contributed by atoms with E-state index < -0.39 is 41.6 Å². The van der Waals surface area contributed by atoms with E-state index in [-0.39, 0.29) is 49.0 Å². The van der Waals surface area contributed by atoms with E-state index in [0.717, 1.165) is 5.52 Å². The third-order valence-corrected chi connectivity index (χ3v) is 9.10. The van der Waals surface area contributed by atoms with Crippen molar-refractivity contribution >= 4 is 44.7 Å². The van der Waals surface area contributed by atoms with Crippen LogP contribution in [0.3, 0.4) is 0 Å². The minimum Gasteiger partial charge on any atom is -0.466 e. The maximum atomic E-state index is 14.6. The number of fused-ring (bicyclic) bond motifs is 2. The number of likely N-dealkylation sites (tertiary alicyclic amines) is 1. The Kier molecular flexibility index (Phi) is 8.04. The molecule has 0 aliphatic carbocycles. The van der Waals surface area contributed by atoms with Gasteiger partial charge < -0.3 is 24.4 Å². The fourth-order valence-electron chi connectivity index (χ4n) is 6.80. The fraction of sp³-hybridized carbons (Fsp3) is 0.607. The molecule has 40 heavy (non-hydrogen) atoms. The molecule has 12 heteroatoms. The lowest BCUT2D eigenvalue weighted by Crippen LogP contribution is -2.59. The number of hydrogen-bond acceptors (Lipinski definition) is 8. The number of benzene rings is 1. The molecule has 2 amide bonds. The average molecular weight is 619 g/mol. The molecule has 4 heterocycles. The van der Waals surface area contributed by atoms with Crippen LogP contribution < -0.4 is 0 Å². The van der Waals surface area contributed by atoms with Crippen LogP contribution in [0.15, 0.2) is 36.9 Å². The summed E-state index contributed by atoms with van der Waals surface area (Å²) in [5.41, 5.74) is 0.201. The zero-order valence-corrected chi connectivity index (χ0v) is 24.6. The zero-order chi connectivity index (χ0) is 28.8. The van der Waals surface area contributed by atoms with Crippen LogP contribution in [-0.4, -0.2) is 96.1 Å². The highest BCUT2D eigenvalue weighted by Crippen LogP contribution is 2.60. The van der Waals surface area contributed by atoms with E-state index in [2.05, 4.69) is 32.8 Å². The summed E-state index contributed by atoms with van der Waals surface area (Å²) in [5, 5.41) is 18.9. The van der Waals surface area contributed by atoms with Crippen LogP contribution in [0, 0.1) is 17.8 Å². The van der Waals surface area contributed by atoms with Crippen LogP contribution in [-0.2, 0) is 30.5 Å². The second kappa shape index (κ2) is 11.2. The number of esters is 1. The van der Waals surface area contributed by atoms with Crippen LogP contribution in [0.2, 0.25) is 0 Å². The number of nitrogens with zero attached hydrogens (tertiary/aromatic N) is 5. The molecule has 2 aromatic rings. The van der Waals surface area contributed by atoms with Crippen molar-refractivity contribution in [3.8, 4) is 0 Å². The monoisotopic (exact) mass is 617 g/mol. The highest BCUT2D eigenvalue weighted by Gasteiger charge is 2.77. The number of carbonyl (C=O) groups is 3. The molecule has 7 atom stereocenters. The molecule has 3 fully saturated rings. The van der Waals surface area contributed by atoms with Gasteiger partial charge in [-0.1, -0.05) is 53.2 Å². The summed E-state index contributed by atoms with van der Waals surface area (Å²) < 4.78 is 13.5. The van der Waals surface area contributed by atoms with E-state index in [9.17, 15) is 19.5 Å². The van der Waals surface area contributed by atoms with Crippen LogP contribution in [0.25, 0.3) is 11.0 Å². The average Bonchev–Trinajstić information content (AvgIpc) is 3.64. The molecule has 1 spiro atoms. The Morgan fingerprint density at radius 3 is 2.80 bits per heavy atom. The largest absolute Gasteiger partial charge is 0.466 e. The van der Waals surface area contributed by atoms with Crippen LogP contribution in [0.5, 0.6) is 0 Å². The highest BCUT2D eigenvalue weighted by atomic mass is 79.9. The molecule has 3 aliphatic heterocycles. The van der Waals surface area contributed by atoms with Crippen molar-refractivity contribution in [3.05, 3.63) is 36.9 Å². The third kappa shape index (κ3) is 4.53. The Balaban J connectivity index is 1.58. The summed E-state index contributed by atoms with van der Waals surface area (Å²) in [6.45, 7) is 9.65. The summed E-state index contributed by atoms with van der Waals surface area (Å²) >= 11 is 3.67. The van der Waals surface area contributed by atoms with Crippen molar-refractivity contribution in [1.82, 2.24) is 24.8 Å². The van der Waals surface area contributed by atoms with Gasteiger partial charge in [-0.2, -0.15) is 0 Å². The molecule has 11 nitrogen and oxygen atoms in total. The van der Waals surface area contributed by atoms with Crippen molar-refractivity contribution in [2.24, 2.45) is 17.8 Å². The van der Waals surface area contributed by atoms with Crippen molar-refractivity contribution in [1.29, 1.82) is 0 Å². The zero-order valence-electron chi connectivity index (χ0n) is 23.0. The quantitative estimate of drug-likeness (QED) is 0.231. The second-order valence-electron chi connectivity index (χ2n) is 11.2. The number of ether oxygens (including phenoxy) is 2. The van der Waals surface area contributed by atoms with Crippen LogP contribution in [0.1, 0.15) is 33.6 Å². The number of rotatable bonds is 11. The normalized spacial score (nSPS) is 29.7. The molecule has 1 aromatic carbocycles. The summed E-state index contributed by atoms with van der Waals surface area (Å²) in [4.78, 5) is 44.9. The number of amides is 2. The van der Waals surface area contributed by atoms with Gasteiger partial charge in [0, 0.05) is 11.4 Å². The summed E-state index contributed by atoms with van der Waals surface area (Å²) in [5.74, 6) is -2.82. The number of halogens is 1. The molecule has 1 unspecified atom stereocenters. The standard InChI is InChI=1S/C28H36BrN5O6/c1-5-11-32(15-33-20-10-8-7-9-19(20)30-31-33)26(37)24-28-13-18(29)23(40-28)21(27(38)39-6-2)22(28)25(36)34(24)17(14-35)12-16(3)4/h5,7-10,16-18,21-24,35H,1,6,11-15H2,2-4H3/t17-,18?,21-,22+,23-,24-,28+/m1/s1. The molecule has 1 N–H and O–H groups in total. The Morgan fingerprint density at radius 2 is 2.12 bits per heavy atom. The number of para-hydroxylation sites is 1. The minimum absolute atomic E-state index is 0.0705. The number of alkyl halides is 1. The lowest BCUT2D eigenvalue weighted by Gasteiger charge is -2.39. The van der Waals surface area contributed by atoms with Gasteiger partial charge in [-0.05, 0) is 37.8 Å². The molecule has 0 radical (unpaired) electrons. The van der Waals surface area contributed by atoms with E-state index in [1.807, 2.05) is 38.1 Å². The first-order valence-corrected chi connectivity index (χ1v) is 14.7. The van der Waals surface area contributed by atoms with Gasteiger partial charge in [0.05, 0.1) is 42.7 Å². The minimum atomic E-state index is -1.25. The molecule has 216 valence electrons. The third-order valence-electron chi connectivity index (χ3n) is 8.25. The van der Waals surface area contributed by atoms with Gasteiger partial charge in [0.1, 0.15) is 23.8 Å². The number of carbonyl (C=O) groups excluding carboxylic acids is 3. The van der Waals surface area contributed by atoms with Gasteiger partial charge in [0.15, 0.2) is 0 Å². The van der Waals surface area contributed by atoms with Crippen LogP contribution in [0.4, 0.5) is 0 Å². The number of hydrogen-bond donors (Lipinski definition) is 1. The van der Waals surface area contributed by atoms with Gasteiger partial charge in [-0.3, -0.25) is 14.4 Å². The molecule has 3 saturated heterocycles. The van der Waals surface area contributed by atoms with Gasteiger partial charge in [-0.15, -0.1) is 11.7 Å². The van der Waals surface area contributed by atoms with Gasteiger partial charge in [-0.25, -0.2) is 4.68 Å². The predicted octanol–water partition coefficient (Wildman–Crippen LogP) is 2.12. The van der Waals surface area contributed by atoms with Crippen molar-refractivity contribution in [2.75, 3.05) is 19.8 Å². The van der Waals surface area contributed by atoms with E-state index in [4.69, 9.17) is 9.47 Å². The SMILES string of the molecule is C=CCN(Cn1nnc2ccccc21)C(=O)[C@H]1N([C@@H](CO)CC(C)C)C(=O)[C@@H]2[C@@H](C(=O)OCC)[C@@H]3O[C@@]21CC3Br. The summed E-state index contributed by atoms with van der Waals surface area (Å²) in [6, 6.07) is 5.77. The van der Waals surface area contributed by atoms with E-state index in [1.54, 1.807) is 22.6 Å². The van der Waals surface area contributed by atoms with E-state index in [1.165, 1.54) is 4.90 Å². The van der Waals surface area contributed by atoms with Crippen molar-refractivity contribution in [3.63, 3.8) is 0 Å². The Hall–Kier alpha value is -2.83. The van der Waals surface area contributed by atoms with Gasteiger partial charge in [0.2, 0.25) is 11.8 Å². The summed E-state index contributed by atoms with van der Waals surface area (Å²) in [6.07, 6.45) is 1.86. The maximum Gasteiger partial charge on any atom is 0.312 e. The lowest BCUT2D eigenvalue weighted by molar-refractivity contribution is -0.156. The molecule has 5 rings (SSSR count). The first-order valence-electron chi connectivity index (χ1n) is 13.8. The predicted molar refractivity (Wildman–Crippen MR) is 149 cm³/mol. The van der Waals surface area contributed by atoms with Gasteiger partial charge >= 0.3 is 5.97 Å². The number of aliphatic hydroxyl groups excluding tert-OH is 1. The Morgan fingerprint density at radius 1 is 1.38 bits per heavy atom. The first-order chi connectivity index (χ1) is 19.2. The maximum absolute atomic E-state index is 14.6. The van der Waals surface area contributed by atoms with Crippen molar-refractivity contribution in [2.45, 2.75) is 68.9 Å². The smallest absolute Gasteiger partial charge is 0.312 e. The molecular formula is C28H36BrN5O6. The topological polar surface area (TPSA) is 127 Å². The molecule has 3 aliphatic rings. The lowest BCUT2D eigenvalue weighted by atomic mass is 9.70. The molecule has 0 saturated carbocycles. The molecule has 1 aromatic heterocycles. The second-order valence-corrected chi connectivity index (χ2v) is 12.4. The van der Waals surface area contributed by atoms with E-state index >= 15 is 0 Å².